The lowest BCUT2D eigenvalue weighted by Crippen LogP contribution is -2.28. The smallest absolute Gasteiger partial charge is 0.244 e. The summed E-state index contributed by atoms with van der Waals surface area (Å²) in [5, 5.41) is 0. The molecular formula is C4H2F6. The quantitative estimate of drug-likeness (QED) is 0.549. The van der Waals surface area contributed by atoms with Crippen molar-refractivity contribution in [3.05, 3.63) is 6.42 Å². The molecule has 0 bridgehead atoms. The van der Waals surface area contributed by atoms with Crippen molar-refractivity contribution >= 4 is 0 Å². The van der Waals surface area contributed by atoms with E-state index >= 15 is 0 Å². The van der Waals surface area contributed by atoms with E-state index in [2.05, 4.69) is 0 Å². The van der Waals surface area contributed by atoms with Crippen LogP contribution in [0.25, 0.3) is 0 Å². The molecule has 0 aliphatic rings. The van der Waals surface area contributed by atoms with Gasteiger partial charge in [0.2, 0.25) is 0 Å². The van der Waals surface area contributed by atoms with Crippen LogP contribution in [0, 0.1) is 6.42 Å². The largest absolute Gasteiger partial charge is 0.402 e. The minimum atomic E-state index is -5.25. The molecule has 10 heavy (non-hydrogen) atoms. The number of alkyl halides is 6. The van der Waals surface area contributed by atoms with Crippen LogP contribution in [0.2, 0.25) is 0 Å². The predicted octanol–water partition coefficient (Wildman–Crippen LogP) is 2.23. The number of rotatable bonds is 2. The van der Waals surface area contributed by atoms with Gasteiger partial charge in [-0.25, -0.2) is 13.2 Å². The summed E-state index contributed by atoms with van der Waals surface area (Å²) in [5.41, 5.74) is 0. The summed E-state index contributed by atoms with van der Waals surface area (Å²) in [7, 11) is 0. The maximum absolute atomic E-state index is 11.4. The van der Waals surface area contributed by atoms with Crippen LogP contribution in [-0.2, 0) is 0 Å². The van der Waals surface area contributed by atoms with Gasteiger partial charge >= 0.3 is 6.18 Å². The summed E-state index contributed by atoms with van der Waals surface area (Å²) in [4.78, 5) is 0. The zero-order valence-electron chi connectivity index (χ0n) is 4.47. The molecule has 0 saturated carbocycles. The van der Waals surface area contributed by atoms with E-state index in [0.717, 1.165) is 0 Å². The highest BCUT2D eigenvalue weighted by Gasteiger charge is 2.45. The van der Waals surface area contributed by atoms with Crippen molar-refractivity contribution in [1.29, 1.82) is 0 Å². The maximum Gasteiger partial charge on any atom is 0.402 e. The fourth-order valence-corrected chi connectivity index (χ4v) is 0.241. The van der Waals surface area contributed by atoms with Crippen molar-refractivity contribution in [3.63, 3.8) is 0 Å². The lowest BCUT2D eigenvalue weighted by molar-refractivity contribution is -0.139. The van der Waals surface area contributed by atoms with E-state index in [9.17, 15) is 26.3 Å². The summed E-state index contributed by atoms with van der Waals surface area (Å²) in [6, 6.07) is 0. The highest BCUT2D eigenvalue weighted by atomic mass is 19.4. The molecule has 0 aromatic heterocycles. The Balaban J connectivity index is 3.89. The van der Waals surface area contributed by atoms with Gasteiger partial charge in [0.1, 0.15) is 0 Å². The first-order valence-electron chi connectivity index (χ1n) is 2.07. The average Bonchev–Trinajstić information content (AvgIpc) is 1.60. The number of hydrogen-bond acceptors (Lipinski definition) is 0. The molecule has 0 nitrogen and oxygen atoms in total. The minimum absolute atomic E-state index is 0.163. The molecule has 6 heteroatoms. The monoisotopic (exact) mass is 164 g/mol. The first-order valence-corrected chi connectivity index (χ1v) is 2.07. The molecule has 0 spiro atoms. The standard InChI is InChI=1S/C4H2F6/c5-2-3(6,7)1-4(8,9)10/h2H2. The second-order valence-corrected chi connectivity index (χ2v) is 1.46. The van der Waals surface area contributed by atoms with Crippen LogP contribution in [0.3, 0.4) is 0 Å². The summed E-state index contributed by atoms with van der Waals surface area (Å²) in [6.07, 6.45) is -5.42. The van der Waals surface area contributed by atoms with E-state index < -0.39 is 18.8 Å². The van der Waals surface area contributed by atoms with Crippen LogP contribution < -0.4 is 0 Å². The van der Waals surface area contributed by atoms with Crippen LogP contribution >= 0.6 is 0 Å². The van der Waals surface area contributed by atoms with Gasteiger partial charge in [0, 0.05) is 0 Å². The molecule has 60 valence electrons. The normalized spacial score (nSPS) is 13.8. The first kappa shape index (κ1) is 9.58. The lowest BCUT2D eigenvalue weighted by atomic mass is 10.2. The van der Waals surface area contributed by atoms with Gasteiger partial charge in [-0.15, -0.1) is 0 Å². The maximum atomic E-state index is 11.4. The van der Waals surface area contributed by atoms with E-state index in [-0.39, 0.29) is 6.42 Å². The summed E-state index contributed by atoms with van der Waals surface area (Å²) < 4.78 is 66.8. The molecule has 0 aromatic rings. The molecule has 0 aliphatic heterocycles. The van der Waals surface area contributed by atoms with Crippen molar-refractivity contribution in [2.75, 3.05) is 6.67 Å². The molecule has 0 saturated heterocycles. The van der Waals surface area contributed by atoms with Gasteiger partial charge in [0.05, 0.1) is 0 Å². The first-order chi connectivity index (χ1) is 4.27. The molecule has 0 amide bonds. The molecule has 0 N–H and O–H groups in total. The van der Waals surface area contributed by atoms with E-state index in [1.807, 2.05) is 0 Å². The molecule has 0 unspecified atom stereocenters. The Labute approximate surface area is 52.8 Å². The second kappa shape index (κ2) is 2.67. The fraction of sp³-hybridized carbons (Fsp3) is 0.750. The van der Waals surface area contributed by atoms with E-state index in [1.54, 1.807) is 0 Å². The molecule has 0 aliphatic carbocycles. The van der Waals surface area contributed by atoms with Crippen LogP contribution in [0.1, 0.15) is 0 Å². The van der Waals surface area contributed by atoms with Crippen LogP contribution in [0.4, 0.5) is 26.3 Å². The molecule has 0 heterocycles. The zero-order valence-corrected chi connectivity index (χ0v) is 4.47. The molecule has 0 fully saturated rings. The summed E-state index contributed by atoms with van der Waals surface area (Å²) in [5.74, 6) is -4.52. The molecule has 0 aromatic carbocycles. The SMILES string of the molecule is FCC(F)(F)[C]C(F)(F)F. The van der Waals surface area contributed by atoms with Crippen molar-refractivity contribution in [2.45, 2.75) is 12.1 Å². The molecular weight excluding hydrogens is 162 g/mol. The van der Waals surface area contributed by atoms with Gasteiger partial charge in [-0.1, -0.05) is 0 Å². The van der Waals surface area contributed by atoms with Crippen molar-refractivity contribution < 1.29 is 26.3 Å². The average molecular weight is 164 g/mol. The Bertz CT molecular complexity index is 103. The Morgan fingerprint density at radius 3 is 1.50 bits per heavy atom. The Hall–Kier alpha value is -0.420. The fourth-order valence-electron chi connectivity index (χ4n) is 0.241. The molecule has 0 rings (SSSR count). The number of halogens is 6. The van der Waals surface area contributed by atoms with Gasteiger partial charge in [0.15, 0.2) is 13.1 Å². The zero-order chi connectivity index (χ0) is 8.41. The van der Waals surface area contributed by atoms with Crippen LogP contribution in [0.15, 0.2) is 0 Å². The number of hydrogen-bond donors (Lipinski definition) is 0. The van der Waals surface area contributed by atoms with E-state index in [1.165, 1.54) is 0 Å². The molecule has 2 radical (unpaired) electrons. The summed E-state index contributed by atoms with van der Waals surface area (Å²) >= 11 is 0. The Kier molecular flexibility index (Phi) is 2.56. The van der Waals surface area contributed by atoms with Crippen LogP contribution in [0.5, 0.6) is 0 Å². The minimum Gasteiger partial charge on any atom is -0.244 e. The highest BCUT2D eigenvalue weighted by molar-refractivity contribution is 4.89. The Morgan fingerprint density at radius 1 is 1.00 bits per heavy atom. The third kappa shape index (κ3) is 4.46. The molecule has 0 atom stereocenters. The van der Waals surface area contributed by atoms with Gasteiger partial charge in [0.25, 0.3) is 5.92 Å². The van der Waals surface area contributed by atoms with Crippen molar-refractivity contribution in [1.82, 2.24) is 0 Å². The van der Waals surface area contributed by atoms with E-state index in [0.29, 0.717) is 0 Å². The lowest BCUT2D eigenvalue weighted by Gasteiger charge is -2.11. The second-order valence-electron chi connectivity index (χ2n) is 1.46. The van der Waals surface area contributed by atoms with Crippen molar-refractivity contribution in [2.24, 2.45) is 0 Å². The van der Waals surface area contributed by atoms with Crippen molar-refractivity contribution in [3.8, 4) is 0 Å². The topological polar surface area (TPSA) is 0 Å². The Morgan fingerprint density at radius 2 is 1.40 bits per heavy atom. The van der Waals surface area contributed by atoms with E-state index in [4.69, 9.17) is 0 Å². The third-order valence-electron chi connectivity index (χ3n) is 0.492. The van der Waals surface area contributed by atoms with Crippen LogP contribution in [-0.4, -0.2) is 18.8 Å². The van der Waals surface area contributed by atoms with Gasteiger partial charge < -0.3 is 0 Å². The van der Waals surface area contributed by atoms with Gasteiger partial charge in [-0.2, -0.15) is 13.2 Å². The predicted molar refractivity (Wildman–Crippen MR) is 20.2 cm³/mol. The van der Waals surface area contributed by atoms with Gasteiger partial charge in [-0.05, 0) is 0 Å². The highest BCUT2D eigenvalue weighted by Crippen LogP contribution is 2.30. The summed E-state index contributed by atoms with van der Waals surface area (Å²) in [6.45, 7) is -2.38. The third-order valence-corrected chi connectivity index (χ3v) is 0.492. The van der Waals surface area contributed by atoms with Gasteiger partial charge in [-0.3, -0.25) is 0 Å².